The molecule has 1 radical (unpaired) electrons. The molecule has 8 heteroatoms. The molecule has 1 aromatic heterocycles. The van der Waals surface area contributed by atoms with E-state index in [1.54, 1.807) is 0 Å². The van der Waals surface area contributed by atoms with Crippen molar-refractivity contribution < 1.29 is 23.7 Å². The van der Waals surface area contributed by atoms with E-state index in [-0.39, 0.29) is 6.61 Å². The van der Waals surface area contributed by atoms with Crippen molar-refractivity contribution in [3.05, 3.63) is 73.3 Å². The standard InChI is InChI=1S/C28H28N3O5/c32-21(18-30-11-13-31(14-12-30)24-7-4-8-26-27(24)34-16-15-33-26)19-35-22-9-10-25-23(17-22)29-28(36-25)20-5-2-1-3-6-20/h1-10,13,17,21,32H,11-12,14-16,18-19H2/t21-/m1/s1. The molecule has 1 fully saturated rings. The van der Waals surface area contributed by atoms with Crippen LogP contribution in [0.4, 0.5) is 5.69 Å². The van der Waals surface area contributed by atoms with Crippen molar-refractivity contribution in [2.24, 2.45) is 0 Å². The Morgan fingerprint density at radius 3 is 2.72 bits per heavy atom. The highest BCUT2D eigenvalue weighted by molar-refractivity contribution is 5.77. The van der Waals surface area contributed by atoms with Crippen LogP contribution in [0.15, 0.2) is 71.1 Å². The highest BCUT2D eigenvalue weighted by atomic mass is 16.6. The second-order valence-corrected chi connectivity index (χ2v) is 8.92. The Hall–Kier alpha value is -3.75. The summed E-state index contributed by atoms with van der Waals surface area (Å²) in [7, 11) is 0. The molecular weight excluding hydrogens is 458 g/mol. The SMILES string of the molecule is O[C@@H](COc1ccc2oc(-c3ccccc3)nc2c1)CN1C[CH]N(c2cccc3c2OCCO3)CC1. The smallest absolute Gasteiger partial charge is 0.227 e. The molecule has 1 N–H and O–H groups in total. The lowest BCUT2D eigenvalue weighted by Gasteiger charge is -2.37. The fourth-order valence-corrected chi connectivity index (χ4v) is 4.56. The van der Waals surface area contributed by atoms with E-state index in [0.29, 0.717) is 37.0 Å². The van der Waals surface area contributed by atoms with E-state index in [4.69, 9.17) is 18.6 Å². The van der Waals surface area contributed by atoms with Crippen molar-refractivity contribution >= 4 is 16.8 Å². The third-order valence-corrected chi connectivity index (χ3v) is 6.36. The topological polar surface area (TPSA) is 80.4 Å². The summed E-state index contributed by atoms with van der Waals surface area (Å²) < 4.78 is 23.3. The maximum Gasteiger partial charge on any atom is 0.227 e. The molecule has 3 aromatic carbocycles. The number of hydrogen-bond acceptors (Lipinski definition) is 8. The van der Waals surface area contributed by atoms with Gasteiger partial charge in [-0.25, -0.2) is 4.98 Å². The van der Waals surface area contributed by atoms with Gasteiger partial charge in [0.1, 0.15) is 37.2 Å². The Morgan fingerprint density at radius 1 is 0.972 bits per heavy atom. The molecule has 6 rings (SSSR count). The number of para-hydroxylation sites is 1. The average Bonchev–Trinajstić information content (AvgIpc) is 3.36. The first kappa shape index (κ1) is 22.7. The van der Waals surface area contributed by atoms with Gasteiger partial charge in [0, 0.05) is 37.8 Å². The fourth-order valence-electron chi connectivity index (χ4n) is 4.56. The number of anilines is 1. The van der Waals surface area contributed by atoms with E-state index in [9.17, 15) is 5.11 Å². The van der Waals surface area contributed by atoms with Gasteiger partial charge in [-0.05, 0) is 36.4 Å². The Morgan fingerprint density at radius 2 is 1.86 bits per heavy atom. The van der Waals surface area contributed by atoms with Gasteiger partial charge in [-0.3, -0.25) is 4.90 Å². The van der Waals surface area contributed by atoms with E-state index in [1.807, 2.05) is 60.7 Å². The molecule has 0 bridgehead atoms. The first-order valence-electron chi connectivity index (χ1n) is 12.2. The second kappa shape index (κ2) is 10.1. The van der Waals surface area contributed by atoms with Gasteiger partial charge in [-0.2, -0.15) is 0 Å². The minimum Gasteiger partial charge on any atom is -0.491 e. The predicted octanol–water partition coefficient (Wildman–Crippen LogP) is 3.99. The molecule has 0 saturated carbocycles. The zero-order chi connectivity index (χ0) is 24.3. The van der Waals surface area contributed by atoms with Gasteiger partial charge in [-0.15, -0.1) is 0 Å². The van der Waals surface area contributed by atoms with Crippen molar-refractivity contribution in [2.75, 3.05) is 50.9 Å². The second-order valence-electron chi connectivity index (χ2n) is 8.92. The third-order valence-electron chi connectivity index (χ3n) is 6.36. The maximum absolute atomic E-state index is 10.6. The van der Waals surface area contributed by atoms with Gasteiger partial charge in [0.05, 0.1) is 12.2 Å². The van der Waals surface area contributed by atoms with Crippen LogP contribution >= 0.6 is 0 Å². The lowest BCUT2D eigenvalue weighted by Crippen LogP contribution is -2.47. The van der Waals surface area contributed by atoms with E-state index < -0.39 is 6.10 Å². The summed E-state index contributed by atoms with van der Waals surface area (Å²) >= 11 is 0. The number of aliphatic hydroxyl groups excluding tert-OH is 1. The van der Waals surface area contributed by atoms with Gasteiger partial charge in [0.2, 0.25) is 5.89 Å². The number of oxazole rings is 1. The number of hydrogen-bond donors (Lipinski definition) is 1. The zero-order valence-corrected chi connectivity index (χ0v) is 19.9. The average molecular weight is 487 g/mol. The van der Waals surface area contributed by atoms with Gasteiger partial charge >= 0.3 is 0 Å². The van der Waals surface area contributed by atoms with Crippen molar-refractivity contribution in [2.45, 2.75) is 6.10 Å². The summed E-state index contributed by atoms with van der Waals surface area (Å²) in [4.78, 5) is 8.99. The summed E-state index contributed by atoms with van der Waals surface area (Å²) in [6.45, 7) is 6.37. The van der Waals surface area contributed by atoms with Crippen molar-refractivity contribution in [1.82, 2.24) is 9.88 Å². The number of rotatable bonds is 7. The molecule has 3 heterocycles. The van der Waals surface area contributed by atoms with Gasteiger partial charge in [0.15, 0.2) is 17.1 Å². The van der Waals surface area contributed by atoms with E-state index in [2.05, 4.69) is 27.4 Å². The molecule has 185 valence electrons. The Balaban J connectivity index is 1.01. The summed E-state index contributed by atoms with van der Waals surface area (Å²) in [6.07, 6.45) is -0.612. The number of β-amino-alcohol motifs (C(OH)–C–C–N with tert-alkyl or cyclic N) is 1. The summed E-state index contributed by atoms with van der Waals surface area (Å²) in [5, 5.41) is 10.6. The molecule has 1 saturated heterocycles. The molecule has 0 spiro atoms. The van der Waals surface area contributed by atoms with Crippen LogP contribution in [0, 0.1) is 6.54 Å². The van der Waals surface area contributed by atoms with Crippen LogP contribution in [0.5, 0.6) is 17.2 Å². The molecule has 0 unspecified atom stereocenters. The zero-order valence-electron chi connectivity index (χ0n) is 19.9. The summed E-state index contributed by atoms with van der Waals surface area (Å²) in [5.41, 5.74) is 3.38. The van der Waals surface area contributed by atoms with Crippen molar-refractivity contribution in [3.8, 4) is 28.7 Å². The van der Waals surface area contributed by atoms with Crippen LogP contribution in [0.25, 0.3) is 22.6 Å². The number of piperazine rings is 1. The van der Waals surface area contributed by atoms with Crippen molar-refractivity contribution in [1.29, 1.82) is 0 Å². The minimum atomic E-state index is -0.612. The monoisotopic (exact) mass is 486 g/mol. The van der Waals surface area contributed by atoms with Crippen LogP contribution in [-0.4, -0.2) is 67.1 Å². The summed E-state index contributed by atoms with van der Waals surface area (Å²) in [5.74, 6) is 2.83. The van der Waals surface area contributed by atoms with Crippen LogP contribution in [0.2, 0.25) is 0 Å². The quantitative estimate of drug-likeness (QED) is 0.420. The van der Waals surface area contributed by atoms with Gasteiger partial charge in [0.25, 0.3) is 0 Å². The van der Waals surface area contributed by atoms with Crippen LogP contribution in [0.3, 0.4) is 0 Å². The molecular formula is C28H28N3O5. The Labute approximate surface area is 209 Å². The van der Waals surface area contributed by atoms with Crippen molar-refractivity contribution in [3.63, 3.8) is 0 Å². The van der Waals surface area contributed by atoms with Gasteiger partial charge in [-0.1, -0.05) is 24.3 Å². The lowest BCUT2D eigenvalue weighted by molar-refractivity contribution is 0.0689. The van der Waals surface area contributed by atoms with E-state index in [1.165, 1.54) is 0 Å². The van der Waals surface area contributed by atoms with Crippen LogP contribution in [-0.2, 0) is 0 Å². The first-order chi connectivity index (χ1) is 17.7. The highest BCUT2D eigenvalue weighted by Crippen LogP contribution is 2.40. The first-order valence-corrected chi connectivity index (χ1v) is 12.2. The van der Waals surface area contributed by atoms with E-state index >= 15 is 0 Å². The molecule has 0 aliphatic carbocycles. The molecule has 2 aliphatic heterocycles. The number of aliphatic hydroxyl groups is 1. The van der Waals surface area contributed by atoms with E-state index in [0.717, 1.165) is 47.9 Å². The maximum atomic E-state index is 10.6. The number of aromatic nitrogens is 1. The van der Waals surface area contributed by atoms with Gasteiger partial charge < -0.3 is 28.6 Å². The molecule has 2 aliphatic rings. The molecule has 4 aromatic rings. The number of nitrogens with zero attached hydrogens (tertiary/aromatic N) is 3. The number of ether oxygens (including phenoxy) is 3. The van der Waals surface area contributed by atoms with Crippen LogP contribution < -0.4 is 19.1 Å². The summed E-state index contributed by atoms with van der Waals surface area (Å²) in [6, 6.07) is 21.3. The van der Waals surface area contributed by atoms with Crippen LogP contribution in [0.1, 0.15) is 0 Å². The molecule has 8 nitrogen and oxygen atoms in total. The largest absolute Gasteiger partial charge is 0.491 e. The third kappa shape index (κ3) is 4.82. The highest BCUT2D eigenvalue weighted by Gasteiger charge is 2.25. The molecule has 36 heavy (non-hydrogen) atoms. The predicted molar refractivity (Wildman–Crippen MR) is 136 cm³/mol. The Kier molecular flexibility index (Phi) is 6.36. The number of benzene rings is 3. The Bertz CT molecular complexity index is 1320. The number of fused-ring (bicyclic) bond motifs is 2. The normalized spacial score (nSPS) is 16.8. The minimum absolute atomic E-state index is 0.201. The molecule has 1 atom stereocenters. The lowest BCUT2D eigenvalue weighted by atomic mass is 10.2. The fraction of sp³-hybridized carbons (Fsp3) is 0.286. The molecule has 0 amide bonds.